The highest BCUT2D eigenvalue weighted by Gasteiger charge is 2.28. The van der Waals surface area contributed by atoms with Crippen molar-refractivity contribution in [3.05, 3.63) is 0 Å². The molecule has 0 aromatic heterocycles. The van der Waals surface area contributed by atoms with E-state index < -0.39 is 0 Å². The fourth-order valence-electron chi connectivity index (χ4n) is 3.92. The maximum Gasteiger partial charge on any atom is 0.223 e. The van der Waals surface area contributed by atoms with Gasteiger partial charge < -0.3 is 11.1 Å². The lowest BCUT2D eigenvalue weighted by atomic mass is 9.79. The van der Waals surface area contributed by atoms with E-state index in [9.17, 15) is 4.79 Å². The first-order valence-corrected chi connectivity index (χ1v) is 8.18. The minimum absolute atomic E-state index is 0.158. The summed E-state index contributed by atoms with van der Waals surface area (Å²) in [4.78, 5) is 12.1. The second kappa shape index (κ2) is 7.28. The summed E-state index contributed by atoms with van der Waals surface area (Å²) in [5, 5.41) is 3.12. The molecular weight excluding hydrogens is 236 g/mol. The zero-order valence-electron chi connectivity index (χ0n) is 12.4. The molecule has 2 rings (SSSR count). The van der Waals surface area contributed by atoms with Gasteiger partial charge in [0.1, 0.15) is 0 Å². The summed E-state index contributed by atoms with van der Waals surface area (Å²) in [5.74, 6) is 1.93. The molecule has 0 aromatic carbocycles. The van der Waals surface area contributed by atoms with Crippen LogP contribution < -0.4 is 11.1 Å². The van der Waals surface area contributed by atoms with Crippen LogP contribution in [0.1, 0.15) is 64.7 Å². The molecule has 0 radical (unpaired) electrons. The van der Waals surface area contributed by atoms with Crippen molar-refractivity contribution in [1.29, 1.82) is 0 Å². The van der Waals surface area contributed by atoms with E-state index in [4.69, 9.17) is 5.73 Å². The molecule has 2 aliphatic rings. The molecule has 0 spiro atoms. The van der Waals surface area contributed by atoms with Gasteiger partial charge in [-0.15, -0.1) is 0 Å². The largest absolute Gasteiger partial charge is 0.356 e. The van der Waals surface area contributed by atoms with Gasteiger partial charge in [0.2, 0.25) is 5.91 Å². The van der Waals surface area contributed by atoms with Gasteiger partial charge in [0, 0.05) is 18.5 Å². The van der Waals surface area contributed by atoms with E-state index in [1.807, 2.05) is 0 Å². The first kappa shape index (κ1) is 14.8. The Balaban J connectivity index is 1.60. The minimum Gasteiger partial charge on any atom is -0.356 e. The summed E-state index contributed by atoms with van der Waals surface area (Å²) in [5.41, 5.74) is 6.01. The van der Waals surface area contributed by atoms with Gasteiger partial charge in [0.25, 0.3) is 0 Å². The Morgan fingerprint density at radius 3 is 2.63 bits per heavy atom. The van der Waals surface area contributed by atoms with Crippen molar-refractivity contribution in [3.63, 3.8) is 0 Å². The first-order valence-electron chi connectivity index (χ1n) is 8.18. The molecular formula is C16H30N2O. The molecule has 2 saturated carbocycles. The third kappa shape index (κ3) is 4.79. The van der Waals surface area contributed by atoms with Crippen LogP contribution >= 0.6 is 0 Å². The molecule has 0 heterocycles. The second-order valence-corrected chi connectivity index (χ2v) is 6.85. The van der Waals surface area contributed by atoms with Gasteiger partial charge in [0.05, 0.1) is 0 Å². The van der Waals surface area contributed by atoms with E-state index in [-0.39, 0.29) is 17.9 Å². The molecule has 110 valence electrons. The van der Waals surface area contributed by atoms with Gasteiger partial charge in [-0.2, -0.15) is 0 Å². The summed E-state index contributed by atoms with van der Waals surface area (Å²) in [6, 6.07) is 0.220. The summed E-state index contributed by atoms with van der Waals surface area (Å²) in [7, 11) is 0. The van der Waals surface area contributed by atoms with Crippen molar-refractivity contribution in [2.75, 3.05) is 6.54 Å². The highest BCUT2D eigenvalue weighted by Crippen LogP contribution is 2.29. The van der Waals surface area contributed by atoms with Crippen molar-refractivity contribution in [2.24, 2.45) is 23.5 Å². The Kier molecular flexibility index (Phi) is 5.68. The number of carbonyl (C=O) groups excluding carboxylic acids is 1. The SMILES string of the molecule is CC1CC(N)CC(C(=O)NCCCC2CCCC2)C1. The standard InChI is InChI=1S/C16H30N2O/c1-12-9-14(11-15(17)10-12)16(19)18-8-4-7-13-5-2-3-6-13/h12-15H,2-11,17H2,1H3,(H,18,19). The van der Waals surface area contributed by atoms with Crippen molar-refractivity contribution < 1.29 is 4.79 Å². The predicted octanol–water partition coefficient (Wildman–Crippen LogP) is 2.84. The van der Waals surface area contributed by atoms with E-state index in [1.165, 1.54) is 32.1 Å². The summed E-state index contributed by atoms with van der Waals surface area (Å²) in [6.45, 7) is 3.06. The Bertz CT molecular complexity index is 276. The van der Waals surface area contributed by atoms with Crippen LogP contribution in [0.4, 0.5) is 0 Å². The third-order valence-electron chi connectivity index (χ3n) is 4.91. The normalized spacial score (nSPS) is 32.4. The maximum atomic E-state index is 12.1. The smallest absolute Gasteiger partial charge is 0.223 e. The van der Waals surface area contributed by atoms with Gasteiger partial charge in [-0.3, -0.25) is 4.79 Å². The maximum absolute atomic E-state index is 12.1. The molecule has 0 aliphatic heterocycles. The molecule has 0 aromatic rings. The fraction of sp³-hybridized carbons (Fsp3) is 0.938. The van der Waals surface area contributed by atoms with Gasteiger partial charge >= 0.3 is 0 Å². The third-order valence-corrected chi connectivity index (χ3v) is 4.91. The lowest BCUT2D eigenvalue weighted by molar-refractivity contribution is -0.126. The van der Waals surface area contributed by atoms with Crippen LogP contribution in [0.5, 0.6) is 0 Å². The predicted molar refractivity (Wildman–Crippen MR) is 78.7 cm³/mol. The summed E-state index contributed by atoms with van der Waals surface area (Å²) >= 11 is 0. The van der Waals surface area contributed by atoms with Crippen LogP contribution in [0.25, 0.3) is 0 Å². The number of hydrogen-bond donors (Lipinski definition) is 2. The van der Waals surface area contributed by atoms with Crippen molar-refractivity contribution in [1.82, 2.24) is 5.32 Å². The average molecular weight is 266 g/mol. The molecule has 3 atom stereocenters. The average Bonchev–Trinajstić information content (AvgIpc) is 2.86. The number of hydrogen-bond acceptors (Lipinski definition) is 2. The number of nitrogens with one attached hydrogen (secondary N) is 1. The van der Waals surface area contributed by atoms with Crippen molar-refractivity contribution in [2.45, 2.75) is 70.8 Å². The van der Waals surface area contributed by atoms with Crippen molar-refractivity contribution in [3.8, 4) is 0 Å². The van der Waals surface area contributed by atoms with Crippen LogP contribution in [0.15, 0.2) is 0 Å². The Hall–Kier alpha value is -0.570. The van der Waals surface area contributed by atoms with E-state index in [0.717, 1.165) is 38.1 Å². The lowest BCUT2D eigenvalue weighted by Gasteiger charge is -2.30. The first-order chi connectivity index (χ1) is 9.15. The number of carbonyl (C=O) groups is 1. The zero-order valence-corrected chi connectivity index (χ0v) is 12.4. The summed E-state index contributed by atoms with van der Waals surface area (Å²) < 4.78 is 0. The molecule has 0 bridgehead atoms. The van der Waals surface area contributed by atoms with Gasteiger partial charge in [-0.25, -0.2) is 0 Å². The monoisotopic (exact) mass is 266 g/mol. The van der Waals surface area contributed by atoms with Crippen LogP contribution in [-0.4, -0.2) is 18.5 Å². The number of amides is 1. The van der Waals surface area contributed by atoms with Crippen LogP contribution in [0.2, 0.25) is 0 Å². The van der Waals surface area contributed by atoms with Crippen molar-refractivity contribution >= 4 is 5.91 Å². The van der Waals surface area contributed by atoms with Crippen LogP contribution in [0, 0.1) is 17.8 Å². The second-order valence-electron chi connectivity index (χ2n) is 6.85. The molecule has 2 fully saturated rings. The molecule has 19 heavy (non-hydrogen) atoms. The van der Waals surface area contributed by atoms with Gasteiger partial charge in [-0.1, -0.05) is 32.6 Å². The zero-order chi connectivity index (χ0) is 13.7. The highest BCUT2D eigenvalue weighted by molar-refractivity contribution is 5.78. The number of nitrogens with two attached hydrogens (primary N) is 1. The molecule has 3 unspecified atom stereocenters. The number of rotatable bonds is 5. The van der Waals surface area contributed by atoms with E-state index in [1.54, 1.807) is 0 Å². The Morgan fingerprint density at radius 2 is 1.95 bits per heavy atom. The fourth-order valence-corrected chi connectivity index (χ4v) is 3.92. The molecule has 3 nitrogen and oxygen atoms in total. The molecule has 3 N–H and O–H groups in total. The topological polar surface area (TPSA) is 55.1 Å². The van der Waals surface area contributed by atoms with E-state index in [0.29, 0.717) is 5.92 Å². The lowest BCUT2D eigenvalue weighted by Crippen LogP contribution is -2.40. The summed E-state index contributed by atoms with van der Waals surface area (Å²) in [6.07, 6.45) is 11.0. The minimum atomic E-state index is 0.158. The quantitative estimate of drug-likeness (QED) is 0.752. The van der Waals surface area contributed by atoms with E-state index >= 15 is 0 Å². The van der Waals surface area contributed by atoms with Crippen LogP contribution in [-0.2, 0) is 4.79 Å². The van der Waals surface area contributed by atoms with Crippen LogP contribution in [0.3, 0.4) is 0 Å². The Labute approximate surface area is 117 Å². The Morgan fingerprint density at radius 1 is 1.21 bits per heavy atom. The molecule has 2 aliphatic carbocycles. The highest BCUT2D eigenvalue weighted by atomic mass is 16.1. The van der Waals surface area contributed by atoms with Gasteiger partial charge in [0.15, 0.2) is 0 Å². The molecule has 0 saturated heterocycles. The van der Waals surface area contributed by atoms with E-state index in [2.05, 4.69) is 12.2 Å². The molecule has 1 amide bonds. The van der Waals surface area contributed by atoms with Gasteiger partial charge in [-0.05, 0) is 43.9 Å². The molecule has 3 heteroatoms.